The third kappa shape index (κ3) is 3.11. The first kappa shape index (κ1) is 16.1. The molecular weight excluding hydrogens is 304 g/mol. The summed E-state index contributed by atoms with van der Waals surface area (Å²) < 4.78 is 5.40. The fraction of sp³-hybridized carbons (Fsp3) is 0.263. The first-order chi connectivity index (χ1) is 11.6. The molecule has 2 N–H and O–H groups in total. The van der Waals surface area contributed by atoms with E-state index in [1.165, 1.54) is 4.90 Å². The maximum absolute atomic E-state index is 12.8. The number of nitrogens with two attached hydrogens (primary N) is 1. The number of hydrogen-bond acceptors (Lipinski definition) is 3. The van der Waals surface area contributed by atoms with E-state index in [1.807, 2.05) is 55.5 Å². The highest BCUT2D eigenvalue weighted by Gasteiger charge is 2.36. The molecule has 0 radical (unpaired) electrons. The van der Waals surface area contributed by atoms with Gasteiger partial charge in [-0.1, -0.05) is 30.3 Å². The van der Waals surface area contributed by atoms with Crippen LogP contribution in [0.15, 0.2) is 48.5 Å². The van der Waals surface area contributed by atoms with Crippen molar-refractivity contribution in [1.82, 2.24) is 0 Å². The molecule has 0 aliphatic carbocycles. The van der Waals surface area contributed by atoms with Gasteiger partial charge in [0, 0.05) is 12.1 Å². The average Bonchev–Trinajstić information content (AvgIpc) is 2.97. The van der Waals surface area contributed by atoms with Crippen LogP contribution < -0.4 is 15.4 Å². The molecule has 0 fully saturated rings. The molecule has 3 rings (SSSR count). The Kier molecular flexibility index (Phi) is 4.51. The minimum atomic E-state index is -0.613. The van der Waals surface area contributed by atoms with E-state index in [2.05, 4.69) is 0 Å². The Morgan fingerprint density at radius 1 is 1.17 bits per heavy atom. The molecule has 0 bridgehead atoms. The molecule has 1 heterocycles. The van der Waals surface area contributed by atoms with Gasteiger partial charge in [0.1, 0.15) is 11.8 Å². The highest BCUT2D eigenvalue weighted by atomic mass is 16.5. The van der Waals surface area contributed by atoms with Crippen LogP contribution in [0.3, 0.4) is 0 Å². The Balaban J connectivity index is 1.81. The molecule has 5 heteroatoms. The van der Waals surface area contributed by atoms with Gasteiger partial charge in [0.25, 0.3) is 0 Å². The second kappa shape index (κ2) is 6.74. The van der Waals surface area contributed by atoms with Crippen molar-refractivity contribution in [3.05, 3.63) is 59.7 Å². The van der Waals surface area contributed by atoms with Crippen LogP contribution in [0.5, 0.6) is 5.75 Å². The quantitative estimate of drug-likeness (QED) is 0.915. The Morgan fingerprint density at radius 3 is 2.54 bits per heavy atom. The van der Waals surface area contributed by atoms with Crippen LogP contribution in [0.1, 0.15) is 18.1 Å². The number of anilines is 1. The lowest BCUT2D eigenvalue weighted by Gasteiger charge is -2.23. The Hall–Kier alpha value is -2.82. The molecule has 1 aliphatic heterocycles. The van der Waals surface area contributed by atoms with E-state index in [4.69, 9.17) is 10.5 Å². The van der Waals surface area contributed by atoms with Crippen molar-refractivity contribution in [2.45, 2.75) is 25.8 Å². The van der Waals surface area contributed by atoms with Gasteiger partial charge in [0.05, 0.1) is 13.0 Å². The number of benzene rings is 2. The number of hydrogen-bond donors (Lipinski definition) is 1. The number of carbonyl (C=O) groups is 2. The number of para-hydroxylation sites is 1. The number of primary amides is 1. The molecule has 2 aromatic rings. The van der Waals surface area contributed by atoms with Gasteiger partial charge >= 0.3 is 0 Å². The molecule has 124 valence electrons. The topological polar surface area (TPSA) is 72.6 Å². The van der Waals surface area contributed by atoms with E-state index in [1.54, 1.807) is 0 Å². The van der Waals surface area contributed by atoms with Crippen LogP contribution in [0, 0.1) is 0 Å². The summed E-state index contributed by atoms with van der Waals surface area (Å²) in [6, 6.07) is 14.3. The second-order valence-electron chi connectivity index (χ2n) is 5.77. The minimum Gasteiger partial charge on any atom is -0.494 e. The van der Waals surface area contributed by atoms with E-state index < -0.39 is 11.9 Å². The fourth-order valence-corrected chi connectivity index (χ4v) is 3.05. The van der Waals surface area contributed by atoms with Gasteiger partial charge in [-0.3, -0.25) is 14.5 Å². The van der Waals surface area contributed by atoms with Crippen LogP contribution in [-0.4, -0.2) is 24.5 Å². The lowest BCUT2D eigenvalue weighted by Crippen LogP contribution is -2.46. The van der Waals surface area contributed by atoms with Crippen molar-refractivity contribution < 1.29 is 14.3 Å². The molecule has 0 saturated heterocycles. The van der Waals surface area contributed by atoms with Crippen LogP contribution in [0.2, 0.25) is 0 Å². The Bertz CT molecular complexity index is 755. The van der Waals surface area contributed by atoms with Crippen LogP contribution in [0.4, 0.5) is 5.69 Å². The fourth-order valence-electron chi connectivity index (χ4n) is 3.05. The van der Waals surface area contributed by atoms with Crippen LogP contribution in [0.25, 0.3) is 0 Å². The molecule has 0 aromatic heterocycles. The van der Waals surface area contributed by atoms with Gasteiger partial charge in [-0.15, -0.1) is 0 Å². The molecule has 1 atom stereocenters. The van der Waals surface area contributed by atoms with Gasteiger partial charge in [0.2, 0.25) is 11.8 Å². The van der Waals surface area contributed by atoms with Gasteiger partial charge in [-0.25, -0.2) is 0 Å². The maximum atomic E-state index is 12.8. The average molecular weight is 324 g/mol. The Morgan fingerprint density at radius 2 is 1.88 bits per heavy atom. The molecule has 5 nitrogen and oxygen atoms in total. The van der Waals surface area contributed by atoms with Gasteiger partial charge in [0.15, 0.2) is 0 Å². The highest BCUT2D eigenvalue weighted by molar-refractivity contribution is 6.03. The first-order valence-electron chi connectivity index (χ1n) is 8.01. The summed E-state index contributed by atoms with van der Waals surface area (Å²) in [5.41, 5.74) is 8.12. The molecule has 2 aromatic carbocycles. The third-order valence-electron chi connectivity index (χ3n) is 4.16. The van der Waals surface area contributed by atoms with Crippen LogP contribution >= 0.6 is 0 Å². The summed E-state index contributed by atoms with van der Waals surface area (Å²) in [5.74, 6) is 0.161. The van der Waals surface area contributed by atoms with E-state index in [0.717, 1.165) is 22.6 Å². The number of fused-ring (bicyclic) bond motifs is 1. The standard InChI is InChI=1S/C19H20N2O3/c1-2-24-15-9-7-13(8-10-15)11-18(22)21-16-6-4-3-5-14(16)12-17(21)19(20)23/h3-10,17H,2,11-12H2,1H3,(H2,20,23). The van der Waals surface area contributed by atoms with Crippen molar-refractivity contribution in [2.24, 2.45) is 5.73 Å². The largest absolute Gasteiger partial charge is 0.494 e. The zero-order valence-corrected chi connectivity index (χ0v) is 13.6. The van der Waals surface area contributed by atoms with Gasteiger partial charge in [-0.05, 0) is 36.2 Å². The van der Waals surface area contributed by atoms with E-state index in [0.29, 0.717) is 13.0 Å². The highest BCUT2D eigenvalue weighted by Crippen LogP contribution is 2.32. The molecule has 0 spiro atoms. The van der Waals surface area contributed by atoms with E-state index in [9.17, 15) is 9.59 Å². The first-order valence-corrected chi connectivity index (χ1v) is 8.01. The summed E-state index contributed by atoms with van der Waals surface area (Å²) in [5, 5.41) is 0. The maximum Gasteiger partial charge on any atom is 0.240 e. The van der Waals surface area contributed by atoms with Crippen molar-refractivity contribution in [3.63, 3.8) is 0 Å². The summed E-state index contributed by atoms with van der Waals surface area (Å²) in [6.07, 6.45) is 0.686. The number of ether oxygens (including phenoxy) is 1. The molecule has 2 amide bonds. The minimum absolute atomic E-state index is 0.132. The van der Waals surface area contributed by atoms with Crippen molar-refractivity contribution in [1.29, 1.82) is 0 Å². The summed E-state index contributed by atoms with van der Waals surface area (Å²) >= 11 is 0. The lowest BCUT2D eigenvalue weighted by molar-refractivity contribution is -0.124. The molecule has 1 aliphatic rings. The summed E-state index contributed by atoms with van der Waals surface area (Å²) in [6.45, 7) is 2.52. The summed E-state index contributed by atoms with van der Waals surface area (Å²) in [4.78, 5) is 26.1. The van der Waals surface area contributed by atoms with E-state index in [-0.39, 0.29) is 12.3 Å². The summed E-state index contributed by atoms with van der Waals surface area (Å²) in [7, 11) is 0. The smallest absolute Gasteiger partial charge is 0.240 e. The second-order valence-corrected chi connectivity index (χ2v) is 5.77. The number of amides is 2. The number of nitrogens with zero attached hydrogens (tertiary/aromatic N) is 1. The van der Waals surface area contributed by atoms with Gasteiger partial charge < -0.3 is 10.5 Å². The van der Waals surface area contributed by atoms with Crippen LogP contribution in [-0.2, 0) is 22.4 Å². The van der Waals surface area contributed by atoms with Crippen molar-refractivity contribution >= 4 is 17.5 Å². The number of carbonyl (C=O) groups excluding carboxylic acids is 2. The Labute approximate surface area is 141 Å². The normalized spacial score (nSPS) is 15.9. The van der Waals surface area contributed by atoms with E-state index >= 15 is 0 Å². The molecular formula is C19H20N2O3. The zero-order valence-electron chi connectivity index (χ0n) is 13.6. The monoisotopic (exact) mass is 324 g/mol. The molecule has 1 unspecified atom stereocenters. The van der Waals surface area contributed by atoms with Crippen molar-refractivity contribution in [3.8, 4) is 5.75 Å². The lowest BCUT2D eigenvalue weighted by atomic mass is 10.1. The predicted molar refractivity (Wildman–Crippen MR) is 91.9 cm³/mol. The van der Waals surface area contributed by atoms with Gasteiger partial charge in [-0.2, -0.15) is 0 Å². The zero-order chi connectivity index (χ0) is 17.1. The molecule has 24 heavy (non-hydrogen) atoms. The molecule has 0 saturated carbocycles. The SMILES string of the molecule is CCOc1ccc(CC(=O)N2c3ccccc3CC2C(N)=O)cc1. The number of rotatable bonds is 5. The third-order valence-corrected chi connectivity index (χ3v) is 4.16. The predicted octanol–water partition coefficient (Wildman–Crippen LogP) is 2.07. The van der Waals surface area contributed by atoms with Crippen molar-refractivity contribution in [2.75, 3.05) is 11.5 Å².